The van der Waals surface area contributed by atoms with Crippen LogP contribution in [0.3, 0.4) is 0 Å². The zero-order chi connectivity index (χ0) is 16.3. The molecule has 3 rings (SSSR count). The predicted molar refractivity (Wildman–Crippen MR) is 87.3 cm³/mol. The van der Waals surface area contributed by atoms with Gasteiger partial charge >= 0.3 is 12.0 Å². The largest absolute Gasteiger partial charge is 0.454 e. The maximum absolute atomic E-state index is 12.4. The molecule has 0 atom stereocenters. The van der Waals surface area contributed by atoms with Crippen molar-refractivity contribution < 1.29 is 14.3 Å². The van der Waals surface area contributed by atoms with E-state index in [-0.39, 0.29) is 12.0 Å². The van der Waals surface area contributed by atoms with Gasteiger partial charge in [0.05, 0.1) is 5.56 Å². The average Bonchev–Trinajstić information content (AvgIpc) is 2.53. The second-order valence-corrected chi connectivity index (χ2v) is 6.09. The van der Waals surface area contributed by atoms with E-state index in [9.17, 15) is 9.59 Å². The normalized spacial score (nSPS) is 19.3. The second kappa shape index (κ2) is 6.33. The van der Waals surface area contributed by atoms with Gasteiger partial charge in [0.25, 0.3) is 0 Å². The summed E-state index contributed by atoms with van der Waals surface area (Å²) in [5.74, 6) is 2.22. The van der Waals surface area contributed by atoms with E-state index >= 15 is 0 Å². The highest BCUT2D eigenvalue weighted by atomic mass is 16.6. The average molecular weight is 312 g/mol. The number of terminal acetylenes is 1. The zero-order valence-electron chi connectivity index (χ0n) is 13.0. The molecule has 1 heterocycles. The van der Waals surface area contributed by atoms with E-state index in [1.807, 2.05) is 6.07 Å². The molecule has 0 unspecified atom stereocenters. The summed E-state index contributed by atoms with van der Waals surface area (Å²) in [4.78, 5) is 26.0. The van der Waals surface area contributed by atoms with Crippen LogP contribution in [0, 0.1) is 12.3 Å². The van der Waals surface area contributed by atoms with E-state index < -0.39 is 5.60 Å². The molecular weight excluding hydrogens is 292 g/mol. The lowest BCUT2D eigenvalue weighted by molar-refractivity contribution is -0.0587. The number of ether oxygens (including phenoxy) is 1. The molecule has 1 aromatic rings. The van der Waals surface area contributed by atoms with Crippen molar-refractivity contribution in [2.24, 2.45) is 0 Å². The lowest BCUT2D eigenvalue weighted by atomic mass is 9.77. The number of nitrogens with zero attached hydrogens (tertiary/aromatic N) is 1. The molecule has 0 aromatic heterocycles. The van der Waals surface area contributed by atoms with Gasteiger partial charge in [-0.2, -0.15) is 0 Å². The fourth-order valence-corrected chi connectivity index (χ4v) is 3.00. The quantitative estimate of drug-likeness (QED) is 0.687. The molecule has 2 aliphatic rings. The highest BCUT2D eigenvalue weighted by Crippen LogP contribution is 2.39. The molecule has 1 saturated heterocycles. The lowest BCUT2D eigenvalue weighted by Crippen LogP contribution is -2.46. The van der Waals surface area contributed by atoms with Crippen molar-refractivity contribution in [2.45, 2.75) is 37.7 Å². The molecule has 0 bridgehead atoms. The SMILES string of the molecule is C#CCC1(OC(=O)c2cccc(N3CCCNC3=O)c2)CCC1. The third-order valence-electron chi connectivity index (χ3n) is 4.47. The van der Waals surface area contributed by atoms with E-state index in [2.05, 4.69) is 11.2 Å². The van der Waals surface area contributed by atoms with Crippen LogP contribution >= 0.6 is 0 Å². The van der Waals surface area contributed by atoms with Gasteiger partial charge in [0.2, 0.25) is 0 Å². The highest BCUT2D eigenvalue weighted by Gasteiger charge is 2.40. The Morgan fingerprint density at radius 3 is 2.87 bits per heavy atom. The minimum atomic E-state index is -0.496. The number of benzene rings is 1. The minimum absolute atomic E-state index is 0.135. The van der Waals surface area contributed by atoms with E-state index in [1.54, 1.807) is 23.1 Å². The van der Waals surface area contributed by atoms with Gasteiger partial charge in [-0.3, -0.25) is 4.90 Å². The number of esters is 1. The van der Waals surface area contributed by atoms with Crippen molar-refractivity contribution in [3.8, 4) is 12.3 Å². The number of carbonyl (C=O) groups excluding carboxylic acids is 2. The Balaban J connectivity index is 1.75. The molecular formula is C18H20N2O3. The standard InChI is InChI=1S/C18H20N2O3/c1-2-8-18(9-4-10-18)23-16(21)14-6-3-7-15(13-14)20-12-5-11-19-17(20)22/h1,3,6-7,13H,4-5,8-12H2,(H,19,22). The van der Waals surface area contributed by atoms with E-state index in [0.29, 0.717) is 30.8 Å². The van der Waals surface area contributed by atoms with Crippen LogP contribution in [0.15, 0.2) is 24.3 Å². The Labute approximate surface area is 136 Å². The Hall–Kier alpha value is -2.48. The zero-order valence-corrected chi connectivity index (χ0v) is 13.0. The predicted octanol–water partition coefficient (Wildman–Crippen LogP) is 2.71. The van der Waals surface area contributed by atoms with E-state index in [1.165, 1.54) is 0 Å². The number of carbonyl (C=O) groups is 2. The van der Waals surface area contributed by atoms with E-state index in [0.717, 1.165) is 25.7 Å². The lowest BCUT2D eigenvalue weighted by Gasteiger charge is -2.39. The first-order valence-corrected chi connectivity index (χ1v) is 7.96. The highest BCUT2D eigenvalue weighted by molar-refractivity contribution is 5.95. The third-order valence-corrected chi connectivity index (χ3v) is 4.47. The molecule has 5 heteroatoms. The maximum atomic E-state index is 12.4. The van der Waals surface area contributed by atoms with Gasteiger partial charge in [-0.1, -0.05) is 6.07 Å². The second-order valence-electron chi connectivity index (χ2n) is 6.09. The van der Waals surface area contributed by atoms with Crippen molar-refractivity contribution >= 4 is 17.7 Å². The molecule has 1 aliphatic carbocycles. The Morgan fingerprint density at radius 1 is 1.39 bits per heavy atom. The molecule has 120 valence electrons. The van der Waals surface area contributed by atoms with Crippen molar-refractivity contribution in [3.63, 3.8) is 0 Å². The molecule has 0 radical (unpaired) electrons. The van der Waals surface area contributed by atoms with Crippen molar-refractivity contribution in [3.05, 3.63) is 29.8 Å². The van der Waals surface area contributed by atoms with Gasteiger partial charge in [-0.25, -0.2) is 9.59 Å². The number of nitrogens with one attached hydrogen (secondary N) is 1. The van der Waals surface area contributed by atoms with Gasteiger partial charge in [0.1, 0.15) is 5.60 Å². The van der Waals surface area contributed by atoms with Gasteiger partial charge in [0.15, 0.2) is 0 Å². The fourth-order valence-electron chi connectivity index (χ4n) is 3.00. The Morgan fingerprint density at radius 2 is 2.22 bits per heavy atom. The van der Waals surface area contributed by atoms with Gasteiger partial charge < -0.3 is 10.1 Å². The summed E-state index contributed by atoms with van der Waals surface area (Å²) in [6.45, 7) is 1.33. The molecule has 2 amide bonds. The summed E-state index contributed by atoms with van der Waals surface area (Å²) >= 11 is 0. The number of hydrogen-bond donors (Lipinski definition) is 1. The molecule has 1 saturated carbocycles. The van der Waals surface area contributed by atoms with Crippen LogP contribution in [0.2, 0.25) is 0 Å². The van der Waals surface area contributed by atoms with Crippen LogP contribution in [0.4, 0.5) is 10.5 Å². The topological polar surface area (TPSA) is 58.6 Å². The smallest absolute Gasteiger partial charge is 0.338 e. The van der Waals surface area contributed by atoms with E-state index in [4.69, 9.17) is 11.2 Å². The van der Waals surface area contributed by atoms with Gasteiger partial charge in [0, 0.05) is 25.2 Å². The van der Waals surface area contributed by atoms with Gasteiger partial charge in [-0.05, 0) is 43.9 Å². The number of hydrogen-bond acceptors (Lipinski definition) is 3. The molecule has 0 spiro atoms. The first kappa shape index (κ1) is 15.4. The molecule has 5 nitrogen and oxygen atoms in total. The maximum Gasteiger partial charge on any atom is 0.338 e. The van der Waals surface area contributed by atoms with Crippen LogP contribution in [0.1, 0.15) is 42.5 Å². The van der Waals surface area contributed by atoms with Crippen molar-refractivity contribution in [2.75, 3.05) is 18.0 Å². The summed E-state index contributed by atoms with van der Waals surface area (Å²) in [6, 6.07) is 6.86. The minimum Gasteiger partial charge on any atom is -0.454 e. The number of amides is 2. The summed E-state index contributed by atoms with van der Waals surface area (Å²) in [5, 5.41) is 2.80. The summed E-state index contributed by atoms with van der Waals surface area (Å²) in [5.41, 5.74) is 0.657. The fraction of sp³-hybridized carbons (Fsp3) is 0.444. The Kier molecular flexibility index (Phi) is 4.24. The third kappa shape index (κ3) is 3.16. The molecule has 23 heavy (non-hydrogen) atoms. The number of urea groups is 1. The van der Waals surface area contributed by atoms with Crippen LogP contribution in [0.25, 0.3) is 0 Å². The van der Waals surface area contributed by atoms with Crippen molar-refractivity contribution in [1.29, 1.82) is 0 Å². The Bertz CT molecular complexity index is 658. The summed E-state index contributed by atoms with van der Waals surface area (Å²) < 4.78 is 5.67. The first-order valence-electron chi connectivity index (χ1n) is 7.96. The van der Waals surface area contributed by atoms with Gasteiger partial charge in [-0.15, -0.1) is 12.3 Å². The van der Waals surface area contributed by atoms with Crippen LogP contribution in [0.5, 0.6) is 0 Å². The summed E-state index contributed by atoms with van der Waals surface area (Å²) in [6.07, 6.45) is 9.38. The first-order chi connectivity index (χ1) is 11.1. The summed E-state index contributed by atoms with van der Waals surface area (Å²) in [7, 11) is 0. The number of rotatable bonds is 4. The van der Waals surface area contributed by atoms with Crippen molar-refractivity contribution in [1.82, 2.24) is 5.32 Å². The molecule has 2 fully saturated rings. The molecule has 1 aromatic carbocycles. The van der Waals surface area contributed by atoms with Crippen LogP contribution in [-0.2, 0) is 4.74 Å². The van der Waals surface area contributed by atoms with Crippen LogP contribution < -0.4 is 10.2 Å². The number of anilines is 1. The van der Waals surface area contributed by atoms with Crippen LogP contribution in [-0.4, -0.2) is 30.7 Å². The molecule has 1 aliphatic heterocycles. The monoisotopic (exact) mass is 312 g/mol. The molecule has 1 N–H and O–H groups in total.